The van der Waals surface area contributed by atoms with Crippen LogP contribution in [-0.2, 0) is 0 Å². The van der Waals surface area contributed by atoms with Crippen LogP contribution in [0.2, 0.25) is 0 Å². The first-order valence-electron chi connectivity index (χ1n) is 4.06. The molecular formula is C10H6BNO2. The molecule has 1 heterocycles. The first-order valence-corrected chi connectivity index (χ1v) is 4.06. The molecule has 2 radical (unpaired) electrons. The number of benzene rings is 1. The Bertz CT molecular complexity index is 510. The van der Waals surface area contributed by atoms with E-state index in [2.05, 4.69) is 4.98 Å². The van der Waals surface area contributed by atoms with Crippen molar-refractivity contribution < 1.29 is 9.90 Å². The van der Waals surface area contributed by atoms with Crippen LogP contribution < -0.4 is 5.46 Å². The molecule has 0 aliphatic rings. The minimum absolute atomic E-state index is 0.245. The average Bonchev–Trinajstić information content (AvgIpc) is 2.16. The lowest BCUT2D eigenvalue weighted by Crippen LogP contribution is -2.03. The van der Waals surface area contributed by atoms with Gasteiger partial charge in [0, 0.05) is 11.6 Å². The fourth-order valence-corrected chi connectivity index (χ4v) is 1.35. The van der Waals surface area contributed by atoms with Gasteiger partial charge in [-0.3, -0.25) is 4.98 Å². The number of aromatic nitrogens is 1. The maximum Gasteiger partial charge on any atom is 0.336 e. The summed E-state index contributed by atoms with van der Waals surface area (Å²) in [5, 5.41) is 9.50. The number of hydrogen-bond donors (Lipinski definition) is 1. The molecule has 1 N–H and O–H groups in total. The van der Waals surface area contributed by atoms with Crippen LogP contribution in [0.1, 0.15) is 10.4 Å². The molecule has 2 aromatic rings. The lowest BCUT2D eigenvalue weighted by Gasteiger charge is -2.01. The summed E-state index contributed by atoms with van der Waals surface area (Å²) in [6, 6.07) is 6.46. The van der Waals surface area contributed by atoms with Crippen molar-refractivity contribution in [1.82, 2.24) is 4.98 Å². The summed E-state index contributed by atoms with van der Waals surface area (Å²) in [4.78, 5) is 14.9. The highest BCUT2D eigenvalue weighted by molar-refractivity contribution is 6.33. The van der Waals surface area contributed by atoms with Crippen molar-refractivity contribution in [3.05, 3.63) is 36.0 Å². The van der Waals surface area contributed by atoms with E-state index in [0.717, 1.165) is 0 Å². The second kappa shape index (κ2) is 3.14. The smallest absolute Gasteiger partial charge is 0.336 e. The zero-order valence-electron chi connectivity index (χ0n) is 7.27. The van der Waals surface area contributed by atoms with E-state index in [1.54, 1.807) is 18.2 Å². The molecule has 0 spiro atoms. The highest BCUT2D eigenvalue weighted by Gasteiger charge is 2.07. The van der Waals surface area contributed by atoms with Gasteiger partial charge in [-0.15, -0.1) is 0 Å². The van der Waals surface area contributed by atoms with Gasteiger partial charge in [0.1, 0.15) is 7.85 Å². The Hall–Kier alpha value is -1.84. The number of fused-ring (bicyclic) bond motifs is 1. The number of carboxylic acids is 1. The molecule has 3 nitrogen and oxygen atoms in total. The second-order valence-corrected chi connectivity index (χ2v) is 2.94. The molecule has 1 aromatic heterocycles. The zero-order chi connectivity index (χ0) is 10.1. The SMILES string of the molecule is [B]c1ccc2c(C(=O)O)ccnc2c1. The number of carbonyl (C=O) groups is 1. The first kappa shape index (κ1) is 8.75. The first-order chi connectivity index (χ1) is 6.68. The van der Waals surface area contributed by atoms with Crippen LogP contribution >= 0.6 is 0 Å². The van der Waals surface area contributed by atoms with Gasteiger partial charge in [0.2, 0.25) is 0 Å². The molecule has 1 aromatic carbocycles. The standard InChI is InChI=1S/C10H6BNO2/c11-6-1-2-7-8(10(13)14)3-4-12-9(7)5-6/h1-5H,(H,13,14). The number of pyridine rings is 1. The third kappa shape index (κ3) is 1.35. The summed E-state index contributed by atoms with van der Waals surface area (Å²) in [5.41, 5.74) is 1.42. The largest absolute Gasteiger partial charge is 0.478 e. The summed E-state index contributed by atoms with van der Waals surface area (Å²) in [7, 11) is 5.56. The van der Waals surface area contributed by atoms with Crippen LogP contribution in [0.4, 0.5) is 0 Å². The van der Waals surface area contributed by atoms with Crippen LogP contribution in [0.5, 0.6) is 0 Å². The Morgan fingerprint density at radius 1 is 1.36 bits per heavy atom. The topological polar surface area (TPSA) is 50.2 Å². The van der Waals surface area contributed by atoms with Crippen molar-refractivity contribution in [1.29, 1.82) is 0 Å². The average molecular weight is 183 g/mol. The zero-order valence-corrected chi connectivity index (χ0v) is 7.27. The number of rotatable bonds is 1. The molecule has 0 fully saturated rings. The number of carboxylic acid groups (broad SMARTS) is 1. The maximum absolute atomic E-state index is 10.8. The Morgan fingerprint density at radius 2 is 2.14 bits per heavy atom. The van der Waals surface area contributed by atoms with Gasteiger partial charge in [0.05, 0.1) is 11.1 Å². The van der Waals surface area contributed by atoms with Gasteiger partial charge in [-0.1, -0.05) is 17.6 Å². The van der Waals surface area contributed by atoms with E-state index in [1.807, 2.05) is 0 Å². The van der Waals surface area contributed by atoms with Crippen molar-refractivity contribution in [2.45, 2.75) is 0 Å². The van der Waals surface area contributed by atoms with Crippen molar-refractivity contribution in [3.8, 4) is 0 Å². The van der Waals surface area contributed by atoms with Crippen LogP contribution in [-0.4, -0.2) is 23.9 Å². The summed E-state index contributed by atoms with van der Waals surface area (Å²) in [6.45, 7) is 0. The molecule has 0 atom stereocenters. The lowest BCUT2D eigenvalue weighted by molar-refractivity contribution is 0.0699. The summed E-state index contributed by atoms with van der Waals surface area (Å²) >= 11 is 0. The van der Waals surface area contributed by atoms with Gasteiger partial charge >= 0.3 is 5.97 Å². The highest BCUT2D eigenvalue weighted by atomic mass is 16.4. The Balaban J connectivity index is 2.81. The van der Waals surface area contributed by atoms with Crippen LogP contribution in [0.15, 0.2) is 30.5 Å². The Morgan fingerprint density at radius 3 is 2.86 bits per heavy atom. The second-order valence-electron chi connectivity index (χ2n) is 2.94. The summed E-state index contributed by atoms with van der Waals surface area (Å²) in [6.07, 6.45) is 1.46. The Kier molecular flexibility index (Phi) is 1.96. The molecule has 4 heteroatoms. The van der Waals surface area contributed by atoms with Crippen molar-refractivity contribution in [2.24, 2.45) is 0 Å². The van der Waals surface area contributed by atoms with Gasteiger partial charge in [-0.25, -0.2) is 4.79 Å². The lowest BCUT2D eigenvalue weighted by atomic mass is 9.94. The molecule has 0 aliphatic heterocycles. The van der Waals surface area contributed by atoms with Gasteiger partial charge in [0.15, 0.2) is 0 Å². The molecule has 2 rings (SSSR count). The predicted octanol–water partition coefficient (Wildman–Crippen LogP) is 0.727. The van der Waals surface area contributed by atoms with Crippen molar-refractivity contribution >= 4 is 30.2 Å². The quantitative estimate of drug-likeness (QED) is 0.662. The molecule has 14 heavy (non-hydrogen) atoms. The van der Waals surface area contributed by atoms with Crippen molar-refractivity contribution in [3.63, 3.8) is 0 Å². The fourth-order valence-electron chi connectivity index (χ4n) is 1.35. The summed E-state index contributed by atoms with van der Waals surface area (Å²) < 4.78 is 0. The number of aromatic carboxylic acids is 1. The van der Waals surface area contributed by atoms with Crippen molar-refractivity contribution in [2.75, 3.05) is 0 Å². The minimum atomic E-state index is -0.956. The predicted molar refractivity (Wildman–Crippen MR) is 54.1 cm³/mol. The molecule has 0 unspecified atom stereocenters. The van der Waals surface area contributed by atoms with E-state index in [4.69, 9.17) is 13.0 Å². The van der Waals surface area contributed by atoms with E-state index in [1.165, 1.54) is 12.3 Å². The van der Waals surface area contributed by atoms with Crippen LogP contribution in [0.3, 0.4) is 0 Å². The molecule has 66 valence electrons. The highest BCUT2D eigenvalue weighted by Crippen LogP contribution is 2.14. The van der Waals surface area contributed by atoms with E-state index >= 15 is 0 Å². The van der Waals surface area contributed by atoms with Gasteiger partial charge < -0.3 is 5.11 Å². The van der Waals surface area contributed by atoms with E-state index in [0.29, 0.717) is 16.4 Å². The number of hydrogen-bond acceptors (Lipinski definition) is 2. The van der Waals surface area contributed by atoms with E-state index in [-0.39, 0.29) is 5.56 Å². The minimum Gasteiger partial charge on any atom is -0.478 e. The van der Waals surface area contributed by atoms with Gasteiger partial charge in [-0.05, 0) is 12.1 Å². The molecule has 0 saturated carbocycles. The third-order valence-electron chi connectivity index (χ3n) is 2.00. The van der Waals surface area contributed by atoms with E-state index < -0.39 is 5.97 Å². The van der Waals surface area contributed by atoms with Crippen LogP contribution in [0.25, 0.3) is 10.9 Å². The van der Waals surface area contributed by atoms with E-state index in [9.17, 15) is 4.79 Å². The molecule has 0 bridgehead atoms. The fraction of sp³-hybridized carbons (Fsp3) is 0. The molecular weight excluding hydrogens is 177 g/mol. The Labute approximate surface area is 81.8 Å². The molecule has 0 amide bonds. The van der Waals surface area contributed by atoms with Gasteiger partial charge in [-0.2, -0.15) is 0 Å². The number of nitrogens with zero attached hydrogens (tertiary/aromatic N) is 1. The third-order valence-corrected chi connectivity index (χ3v) is 2.00. The van der Waals surface area contributed by atoms with Gasteiger partial charge in [0.25, 0.3) is 0 Å². The normalized spacial score (nSPS) is 10.3. The summed E-state index contributed by atoms with van der Waals surface area (Å²) in [5.74, 6) is -0.956. The van der Waals surface area contributed by atoms with Crippen LogP contribution in [0, 0.1) is 0 Å². The molecule has 0 aliphatic carbocycles. The molecule has 0 saturated heterocycles. The monoisotopic (exact) mass is 183 g/mol. The maximum atomic E-state index is 10.8.